The van der Waals surface area contributed by atoms with Crippen LogP contribution in [-0.4, -0.2) is 36.7 Å². The number of carbonyl (C=O) groups is 2. The minimum atomic E-state index is -0.991. The molecule has 5 nitrogen and oxygen atoms in total. The van der Waals surface area contributed by atoms with Gasteiger partial charge in [-0.25, -0.2) is 0 Å². The van der Waals surface area contributed by atoms with Crippen molar-refractivity contribution in [3.8, 4) is 0 Å². The van der Waals surface area contributed by atoms with Crippen molar-refractivity contribution in [2.75, 3.05) is 13.7 Å². The van der Waals surface area contributed by atoms with Gasteiger partial charge in [0.2, 0.25) is 0 Å². The lowest BCUT2D eigenvalue weighted by Crippen LogP contribution is -2.49. The molecule has 13 heavy (non-hydrogen) atoms. The van der Waals surface area contributed by atoms with E-state index in [2.05, 4.69) is 10.1 Å². The van der Waals surface area contributed by atoms with E-state index in [4.69, 9.17) is 5.11 Å². The van der Waals surface area contributed by atoms with Crippen molar-refractivity contribution in [3.05, 3.63) is 0 Å². The lowest BCUT2D eigenvalue weighted by atomic mass is 9.91. The zero-order chi connectivity index (χ0) is 9.84. The molecule has 2 atom stereocenters. The molecule has 0 bridgehead atoms. The highest BCUT2D eigenvalue weighted by molar-refractivity contribution is 5.83. The molecular weight excluding hydrogens is 174 g/mol. The highest BCUT2D eigenvalue weighted by Crippen LogP contribution is 2.17. The number of carboxylic acid groups (broad SMARTS) is 1. The molecule has 1 fully saturated rings. The normalized spacial score (nSPS) is 28.1. The molecule has 2 N–H and O–H groups in total. The molecule has 1 saturated heterocycles. The number of esters is 1. The summed E-state index contributed by atoms with van der Waals surface area (Å²) in [5, 5.41) is 11.6. The van der Waals surface area contributed by atoms with Gasteiger partial charge in [-0.3, -0.25) is 9.59 Å². The Kier molecular flexibility index (Phi) is 3.25. The minimum Gasteiger partial charge on any atom is -0.480 e. The van der Waals surface area contributed by atoms with Crippen molar-refractivity contribution in [2.24, 2.45) is 5.92 Å². The third kappa shape index (κ3) is 2.18. The summed E-state index contributed by atoms with van der Waals surface area (Å²) in [4.78, 5) is 21.9. The van der Waals surface area contributed by atoms with E-state index in [9.17, 15) is 9.59 Å². The summed E-state index contributed by atoms with van der Waals surface area (Å²) in [5.41, 5.74) is 0. The SMILES string of the molecule is COC(=O)[C@H]1CCCN[C@@H]1C(=O)O. The Morgan fingerprint density at radius 1 is 1.54 bits per heavy atom. The van der Waals surface area contributed by atoms with E-state index in [-0.39, 0.29) is 0 Å². The van der Waals surface area contributed by atoms with Crippen LogP contribution in [0.15, 0.2) is 0 Å². The summed E-state index contributed by atoms with van der Waals surface area (Å²) < 4.78 is 4.53. The van der Waals surface area contributed by atoms with E-state index in [0.29, 0.717) is 13.0 Å². The van der Waals surface area contributed by atoms with E-state index in [1.807, 2.05) is 0 Å². The Hall–Kier alpha value is -1.10. The first-order valence-corrected chi connectivity index (χ1v) is 4.21. The Morgan fingerprint density at radius 2 is 2.23 bits per heavy atom. The first-order chi connectivity index (χ1) is 6.16. The van der Waals surface area contributed by atoms with Crippen LogP contribution in [0.4, 0.5) is 0 Å². The molecule has 0 unspecified atom stereocenters. The monoisotopic (exact) mass is 187 g/mol. The molecule has 0 saturated carbocycles. The van der Waals surface area contributed by atoms with E-state index >= 15 is 0 Å². The number of nitrogens with one attached hydrogen (secondary N) is 1. The van der Waals surface area contributed by atoms with Crippen LogP contribution in [0.1, 0.15) is 12.8 Å². The number of aliphatic carboxylic acids is 1. The molecule has 0 amide bonds. The maximum atomic E-state index is 11.2. The second-order valence-electron chi connectivity index (χ2n) is 3.04. The van der Waals surface area contributed by atoms with E-state index < -0.39 is 23.9 Å². The third-order valence-electron chi connectivity index (χ3n) is 2.23. The Bertz CT molecular complexity index is 216. The predicted octanol–water partition coefficient (Wildman–Crippen LogP) is -0.388. The average molecular weight is 187 g/mol. The van der Waals surface area contributed by atoms with Crippen LogP contribution in [0.5, 0.6) is 0 Å². The smallest absolute Gasteiger partial charge is 0.321 e. The van der Waals surface area contributed by atoms with Crippen molar-refractivity contribution in [1.82, 2.24) is 5.32 Å². The van der Waals surface area contributed by atoms with E-state index in [0.717, 1.165) is 6.42 Å². The molecule has 1 aliphatic heterocycles. The number of methoxy groups -OCH3 is 1. The molecule has 0 aliphatic carbocycles. The molecule has 0 radical (unpaired) electrons. The van der Waals surface area contributed by atoms with Crippen LogP contribution in [0.25, 0.3) is 0 Å². The van der Waals surface area contributed by atoms with Crippen molar-refractivity contribution >= 4 is 11.9 Å². The zero-order valence-electron chi connectivity index (χ0n) is 7.45. The van der Waals surface area contributed by atoms with Gasteiger partial charge < -0.3 is 15.2 Å². The number of hydrogen-bond acceptors (Lipinski definition) is 4. The Balaban J connectivity index is 2.67. The van der Waals surface area contributed by atoms with Crippen LogP contribution in [0.3, 0.4) is 0 Å². The topological polar surface area (TPSA) is 75.6 Å². The molecule has 1 rings (SSSR count). The first-order valence-electron chi connectivity index (χ1n) is 4.21. The lowest BCUT2D eigenvalue weighted by molar-refractivity contribution is -0.154. The van der Waals surface area contributed by atoms with Gasteiger partial charge in [-0.05, 0) is 19.4 Å². The molecule has 0 aromatic rings. The van der Waals surface area contributed by atoms with Gasteiger partial charge in [-0.15, -0.1) is 0 Å². The summed E-state index contributed by atoms with van der Waals surface area (Å²) in [6.07, 6.45) is 1.39. The molecule has 0 aromatic heterocycles. The van der Waals surface area contributed by atoms with E-state index in [1.165, 1.54) is 7.11 Å². The maximum absolute atomic E-state index is 11.2. The molecule has 1 aliphatic rings. The third-order valence-corrected chi connectivity index (χ3v) is 2.23. The highest BCUT2D eigenvalue weighted by atomic mass is 16.5. The van der Waals surface area contributed by atoms with Gasteiger partial charge in [-0.1, -0.05) is 0 Å². The van der Waals surface area contributed by atoms with Gasteiger partial charge in [0, 0.05) is 0 Å². The first kappa shape index (κ1) is 9.98. The summed E-state index contributed by atoms with van der Waals surface area (Å²) >= 11 is 0. The summed E-state index contributed by atoms with van der Waals surface area (Å²) in [5.74, 6) is -1.98. The minimum absolute atomic E-state index is 0.445. The van der Waals surface area contributed by atoms with Crippen LogP contribution in [0.2, 0.25) is 0 Å². The predicted molar refractivity (Wildman–Crippen MR) is 44.2 cm³/mol. The van der Waals surface area contributed by atoms with Gasteiger partial charge in [0.25, 0.3) is 0 Å². The van der Waals surface area contributed by atoms with Gasteiger partial charge in [-0.2, -0.15) is 0 Å². The largest absolute Gasteiger partial charge is 0.480 e. The highest BCUT2D eigenvalue weighted by Gasteiger charge is 2.36. The average Bonchev–Trinajstić information content (AvgIpc) is 2.16. The van der Waals surface area contributed by atoms with Gasteiger partial charge in [0.05, 0.1) is 13.0 Å². The van der Waals surface area contributed by atoms with Crippen LogP contribution >= 0.6 is 0 Å². The van der Waals surface area contributed by atoms with Crippen LogP contribution in [-0.2, 0) is 14.3 Å². The molecule has 0 spiro atoms. The summed E-state index contributed by atoms with van der Waals surface area (Å²) in [6.45, 7) is 0.643. The molecule has 1 heterocycles. The van der Waals surface area contributed by atoms with Crippen molar-refractivity contribution in [1.29, 1.82) is 0 Å². The Morgan fingerprint density at radius 3 is 2.77 bits per heavy atom. The fourth-order valence-corrected chi connectivity index (χ4v) is 1.55. The fraction of sp³-hybridized carbons (Fsp3) is 0.750. The summed E-state index contributed by atoms with van der Waals surface area (Å²) in [7, 11) is 1.27. The fourth-order valence-electron chi connectivity index (χ4n) is 1.55. The number of rotatable bonds is 2. The van der Waals surface area contributed by atoms with Gasteiger partial charge in [0.15, 0.2) is 0 Å². The second-order valence-corrected chi connectivity index (χ2v) is 3.04. The quantitative estimate of drug-likeness (QED) is 0.576. The molecular formula is C8H13NO4. The van der Waals surface area contributed by atoms with Gasteiger partial charge >= 0.3 is 11.9 Å². The molecule has 0 aromatic carbocycles. The van der Waals surface area contributed by atoms with Crippen molar-refractivity contribution in [2.45, 2.75) is 18.9 Å². The maximum Gasteiger partial charge on any atom is 0.321 e. The van der Waals surface area contributed by atoms with Crippen molar-refractivity contribution in [3.63, 3.8) is 0 Å². The number of ether oxygens (including phenoxy) is 1. The zero-order valence-corrected chi connectivity index (χ0v) is 7.45. The summed E-state index contributed by atoms with van der Waals surface area (Å²) in [6, 6.07) is -0.791. The standard InChI is InChI=1S/C8H13NO4/c1-13-8(12)5-3-2-4-9-6(5)7(10)11/h5-6,9H,2-4H2,1H3,(H,10,11)/t5-,6-/m0/s1. The van der Waals surface area contributed by atoms with Crippen LogP contribution in [0, 0.1) is 5.92 Å². The lowest BCUT2D eigenvalue weighted by Gasteiger charge is -2.27. The van der Waals surface area contributed by atoms with Crippen molar-refractivity contribution < 1.29 is 19.4 Å². The molecule has 5 heteroatoms. The molecule has 74 valence electrons. The number of hydrogen-bond donors (Lipinski definition) is 2. The van der Waals surface area contributed by atoms with Crippen LogP contribution < -0.4 is 5.32 Å². The Labute approximate surface area is 76.1 Å². The number of piperidine rings is 1. The number of carbonyl (C=O) groups excluding carboxylic acids is 1. The second kappa shape index (κ2) is 4.23. The number of carboxylic acids is 1. The van der Waals surface area contributed by atoms with Gasteiger partial charge in [0.1, 0.15) is 6.04 Å². The van der Waals surface area contributed by atoms with E-state index in [1.54, 1.807) is 0 Å².